The van der Waals surface area contributed by atoms with Crippen LogP contribution in [-0.4, -0.2) is 37.2 Å². The number of carboxylic acids is 1. The predicted octanol–water partition coefficient (Wildman–Crippen LogP) is 1.10. The van der Waals surface area contributed by atoms with Gasteiger partial charge in [-0.1, -0.05) is 13.8 Å². The van der Waals surface area contributed by atoms with Gasteiger partial charge in [-0.3, -0.25) is 9.59 Å². The Balaban J connectivity index is 1.82. The molecule has 1 aromatic heterocycles. The summed E-state index contributed by atoms with van der Waals surface area (Å²) in [6.07, 6.45) is 1.34. The number of halogens is 1. The molecule has 0 radical (unpaired) electrons. The maximum Gasteiger partial charge on any atom is 0.307 e. The molecule has 0 spiro atoms. The van der Waals surface area contributed by atoms with Crippen LogP contribution in [0.4, 0.5) is 10.1 Å². The number of nitrogens with one attached hydrogen (secondary N) is 1. The maximum atomic E-state index is 13.9. The van der Waals surface area contributed by atoms with Gasteiger partial charge in [0.25, 0.3) is 0 Å². The molecule has 3 rings (SSSR count). The van der Waals surface area contributed by atoms with E-state index in [1.54, 1.807) is 13.8 Å². The number of carbonyl (C=O) groups excluding carboxylic acids is 1. The number of amides is 1. The van der Waals surface area contributed by atoms with Crippen LogP contribution in [0.5, 0.6) is 0 Å². The standard InChI is InChI=1S/C14H14FN5O3/c1-14(2)10(11(14)13(22)23)12(21)17-9-5-7(3-4-8(9)15)20-6-16-18-19-20/h3-6,10-11H,1-2H3,(H,17,21)(H,22,23). The van der Waals surface area contributed by atoms with Crippen molar-refractivity contribution in [3.8, 4) is 5.69 Å². The van der Waals surface area contributed by atoms with Gasteiger partial charge >= 0.3 is 5.97 Å². The predicted molar refractivity (Wildman–Crippen MR) is 76.1 cm³/mol. The number of hydrogen-bond donors (Lipinski definition) is 2. The lowest BCUT2D eigenvalue weighted by Gasteiger charge is -2.09. The number of nitrogens with zero attached hydrogens (tertiary/aromatic N) is 4. The van der Waals surface area contributed by atoms with Crippen LogP contribution < -0.4 is 5.32 Å². The number of aromatic nitrogens is 4. The average molecular weight is 319 g/mol. The highest BCUT2D eigenvalue weighted by atomic mass is 19.1. The van der Waals surface area contributed by atoms with Crippen LogP contribution in [0.2, 0.25) is 0 Å². The fourth-order valence-electron chi connectivity index (χ4n) is 2.83. The smallest absolute Gasteiger partial charge is 0.307 e. The van der Waals surface area contributed by atoms with Crippen LogP contribution in [0.15, 0.2) is 24.5 Å². The van der Waals surface area contributed by atoms with E-state index in [-0.39, 0.29) is 5.69 Å². The summed E-state index contributed by atoms with van der Waals surface area (Å²) in [7, 11) is 0. The van der Waals surface area contributed by atoms with Gasteiger partial charge in [0.2, 0.25) is 5.91 Å². The van der Waals surface area contributed by atoms with Gasteiger partial charge in [0.05, 0.1) is 23.2 Å². The second-order valence-electron chi connectivity index (χ2n) is 6.02. The van der Waals surface area contributed by atoms with Crippen molar-refractivity contribution in [2.45, 2.75) is 13.8 Å². The Labute approximate surface area is 130 Å². The number of tetrazole rings is 1. The van der Waals surface area contributed by atoms with Crippen molar-refractivity contribution in [1.82, 2.24) is 20.2 Å². The van der Waals surface area contributed by atoms with Crippen molar-refractivity contribution in [3.63, 3.8) is 0 Å². The largest absolute Gasteiger partial charge is 0.481 e. The molecule has 9 heteroatoms. The van der Waals surface area contributed by atoms with Gasteiger partial charge in [-0.05, 0) is 34.0 Å². The van der Waals surface area contributed by atoms with Crippen molar-refractivity contribution in [2.24, 2.45) is 17.3 Å². The monoisotopic (exact) mass is 319 g/mol. The summed E-state index contributed by atoms with van der Waals surface area (Å²) in [5, 5.41) is 22.2. The third-order valence-electron chi connectivity index (χ3n) is 4.20. The van der Waals surface area contributed by atoms with E-state index in [9.17, 15) is 14.0 Å². The SMILES string of the molecule is CC1(C)C(C(=O)O)C1C(=O)Nc1cc(-n2cnnn2)ccc1F. The first kappa shape index (κ1) is 15.1. The van der Waals surface area contributed by atoms with E-state index in [2.05, 4.69) is 20.8 Å². The van der Waals surface area contributed by atoms with Gasteiger partial charge in [0.15, 0.2) is 0 Å². The molecule has 8 nitrogen and oxygen atoms in total. The summed E-state index contributed by atoms with van der Waals surface area (Å²) >= 11 is 0. The number of anilines is 1. The molecule has 1 saturated carbocycles. The van der Waals surface area contributed by atoms with Crippen molar-refractivity contribution in [3.05, 3.63) is 30.3 Å². The Hall–Kier alpha value is -2.84. The summed E-state index contributed by atoms with van der Waals surface area (Å²) in [4.78, 5) is 23.4. The molecule has 2 unspecified atom stereocenters. The van der Waals surface area contributed by atoms with Gasteiger partial charge in [-0.2, -0.15) is 0 Å². The van der Waals surface area contributed by atoms with Gasteiger partial charge in [0.1, 0.15) is 12.1 Å². The number of hydrogen-bond acceptors (Lipinski definition) is 5. The van der Waals surface area contributed by atoms with Crippen molar-refractivity contribution >= 4 is 17.6 Å². The average Bonchev–Trinajstić information content (AvgIpc) is 2.86. The van der Waals surface area contributed by atoms with Crippen LogP contribution >= 0.6 is 0 Å². The van der Waals surface area contributed by atoms with Crippen molar-refractivity contribution in [1.29, 1.82) is 0 Å². The molecule has 0 saturated heterocycles. The van der Waals surface area contributed by atoms with Gasteiger partial charge in [-0.15, -0.1) is 5.10 Å². The lowest BCUT2D eigenvalue weighted by Crippen LogP contribution is -2.18. The summed E-state index contributed by atoms with van der Waals surface area (Å²) in [5.74, 6) is -3.64. The van der Waals surface area contributed by atoms with E-state index in [4.69, 9.17) is 5.11 Å². The third-order valence-corrected chi connectivity index (χ3v) is 4.20. The second-order valence-corrected chi connectivity index (χ2v) is 6.02. The molecule has 2 aromatic rings. The first-order valence-electron chi connectivity index (χ1n) is 6.89. The van der Waals surface area contributed by atoms with Crippen LogP contribution in [0.1, 0.15) is 13.8 Å². The Morgan fingerprint density at radius 2 is 2.09 bits per heavy atom. The minimum absolute atomic E-state index is 0.0464. The minimum Gasteiger partial charge on any atom is -0.481 e. The maximum absolute atomic E-state index is 13.9. The molecule has 1 fully saturated rings. The number of benzene rings is 1. The molecule has 0 bridgehead atoms. The zero-order valence-electron chi connectivity index (χ0n) is 12.4. The van der Waals surface area contributed by atoms with Crippen molar-refractivity contribution in [2.75, 3.05) is 5.32 Å². The second kappa shape index (κ2) is 5.11. The number of aliphatic carboxylic acids is 1. The van der Waals surface area contributed by atoms with Gasteiger partial charge in [-0.25, -0.2) is 9.07 Å². The third kappa shape index (κ3) is 2.54. The quantitative estimate of drug-likeness (QED) is 0.873. The summed E-state index contributed by atoms with van der Waals surface area (Å²) in [5.41, 5.74) is -0.230. The van der Waals surface area contributed by atoms with E-state index in [0.29, 0.717) is 5.69 Å². The molecule has 2 atom stereocenters. The first-order chi connectivity index (χ1) is 10.8. The molecular formula is C14H14FN5O3. The molecule has 2 N–H and O–H groups in total. The summed E-state index contributed by atoms with van der Waals surface area (Å²) in [6, 6.07) is 4.02. The fourth-order valence-corrected chi connectivity index (χ4v) is 2.83. The molecular weight excluding hydrogens is 305 g/mol. The Bertz CT molecular complexity index is 775. The number of carbonyl (C=O) groups is 2. The molecule has 23 heavy (non-hydrogen) atoms. The van der Waals surface area contributed by atoms with Crippen LogP contribution in [0, 0.1) is 23.1 Å². The molecule has 1 heterocycles. The fraction of sp³-hybridized carbons (Fsp3) is 0.357. The zero-order valence-corrected chi connectivity index (χ0v) is 12.4. The van der Waals surface area contributed by atoms with Gasteiger partial charge < -0.3 is 10.4 Å². The van der Waals surface area contributed by atoms with E-state index in [0.717, 1.165) is 0 Å². The molecule has 1 amide bonds. The Morgan fingerprint density at radius 1 is 1.35 bits per heavy atom. The molecule has 1 aliphatic carbocycles. The highest BCUT2D eigenvalue weighted by Gasteiger charge is 2.65. The van der Waals surface area contributed by atoms with E-state index >= 15 is 0 Å². The number of rotatable bonds is 4. The van der Waals surface area contributed by atoms with Crippen LogP contribution in [-0.2, 0) is 9.59 Å². The van der Waals surface area contributed by atoms with Gasteiger partial charge in [0, 0.05) is 0 Å². The van der Waals surface area contributed by atoms with Crippen LogP contribution in [0.3, 0.4) is 0 Å². The normalized spacial score (nSPS) is 21.7. The van der Waals surface area contributed by atoms with E-state index in [1.165, 1.54) is 29.2 Å². The highest BCUT2D eigenvalue weighted by Crippen LogP contribution is 2.58. The topological polar surface area (TPSA) is 110 Å². The Kier molecular flexibility index (Phi) is 3.35. The molecule has 0 aliphatic heterocycles. The lowest BCUT2D eigenvalue weighted by molar-refractivity contribution is -0.140. The van der Waals surface area contributed by atoms with E-state index < -0.39 is 34.9 Å². The lowest BCUT2D eigenvalue weighted by atomic mass is 10.1. The van der Waals surface area contributed by atoms with Crippen LogP contribution in [0.25, 0.3) is 5.69 Å². The van der Waals surface area contributed by atoms with Crippen molar-refractivity contribution < 1.29 is 19.1 Å². The molecule has 1 aliphatic rings. The number of carboxylic acid groups (broad SMARTS) is 1. The minimum atomic E-state index is -1.03. The summed E-state index contributed by atoms with van der Waals surface area (Å²) in [6.45, 7) is 3.40. The Morgan fingerprint density at radius 3 is 2.65 bits per heavy atom. The first-order valence-corrected chi connectivity index (χ1v) is 6.89. The van der Waals surface area contributed by atoms with E-state index in [1.807, 2.05) is 0 Å². The molecule has 120 valence electrons. The molecule has 1 aromatic carbocycles. The summed E-state index contributed by atoms with van der Waals surface area (Å²) < 4.78 is 15.2. The zero-order chi connectivity index (χ0) is 16.8. The highest BCUT2D eigenvalue weighted by molar-refractivity contribution is 5.99.